The van der Waals surface area contributed by atoms with Crippen LogP contribution < -0.4 is 11.1 Å². The van der Waals surface area contributed by atoms with Crippen molar-refractivity contribution < 1.29 is 9.53 Å². The molecule has 0 fully saturated rings. The van der Waals surface area contributed by atoms with Gasteiger partial charge in [0, 0.05) is 17.4 Å². The number of hydrogen-bond acceptors (Lipinski definition) is 4. The molecule has 0 heterocycles. The minimum atomic E-state index is -0.373. The van der Waals surface area contributed by atoms with Gasteiger partial charge in [-0.3, -0.25) is 0 Å². The summed E-state index contributed by atoms with van der Waals surface area (Å²) < 4.78 is 4.97. The van der Waals surface area contributed by atoms with E-state index in [4.69, 9.17) is 10.5 Å². The van der Waals surface area contributed by atoms with E-state index in [0.29, 0.717) is 23.9 Å². The number of carbonyl (C=O) groups excluding carboxylic acids is 1. The summed E-state index contributed by atoms with van der Waals surface area (Å²) in [6.45, 7) is 6.39. The largest absolute Gasteiger partial charge is 0.462 e. The maximum absolute atomic E-state index is 11.7. The Morgan fingerprint density at radius 1 is 1.44 bits per heavy atom. The SMILES string of the molecule is CCCC(C)Nc1ccc(N)c(C(=O)OCC)c1. The van der Waals surface area contributed by atoms with Crippen LogP contribution in [0.25, 0.3) is 0 Å². The Morgan fingerprint density at radius 2 is 2.17 bits per heavy atom. The van der Waals surface area contributed by atoms with E-state index in [9.17, 15) is 4.79 Å². The number of nitrogens with two attached hydrogens (primary N) is 1. The monoisotopic (exact) mass is 250 g/mol. The molecule has 0 aliphatic carbocycles. The van der Waals surface area contributed by atoms with E-state index in [1.54, 1.807) is 19.1 Å². The molecule has 1 rings (SSSR count). The Hall–Kier alpha value is -1.71. The van der Waals surface area contributed by atoms with Gasteiger partial charge in [0.2, 0.25) is 0 Å². The highest BCUT2D eigenvalue weighted by Crippen LogP contribution is 2.20. The van der Waals surface area contributed by atoms with Crippen molar-refractivity contribution in [1.82, 2.24) is 0 Å². The molecule has 3 N–H and O–H groups in total. The lowest BCUT2D eigenvalue weighted by Crippen LogP contribution is -2.15. The molecule has 0 bridgehead atoms. The zero-order valence-corrected chi connectivity index (χ0v) is 11.3. The lowest BCUT2D eigenvalue weighted by Gasteiger charge is -2.15. The van der Waals surface area contributed by atoms with Crippen molar-refractivity contribution >= 4 is 17.3 Å². The van der Waals surface area contributed by atoms with Gasteiger partial charge in [-0.15, -0.1) is 0 Å². The van der Waals surface area contributed by atoms with Gasteiger partial charge in [-0.1, -0.05) is 13.3 Å². The number of rotatable bonds is 6. The Kier molecular flexibility index (Phi) is 5.49. The van der Waals surface area contributed by atoms with Crippen LogP contribution in [0.5, 0.6) is 0 Å². The molecule has 1 unspecified atom stereocenters. The minimum absolute atomic E-state index is 0.349. The van der Waals surface area contributed by atoms with Crippen LogP contribution in [0.3, 0.4) is 0 Å². The summed E-state index contributed by atoms with van der Waals surface area (Å²) in [6, 6.07) is 5.73. The molecule has 100 valence electrons. The molecule has 1 aromatic carbocycles. The molecular weight excluding hydrogens is 228 g/mol. The summed E-state index contributed by atoms with van der Waals surface area (Å²) in [5.74, 6) is -0.373. The normalized spacial score (nSPS) is 11.9. The van der Waals surface area contributed by atoms with E-state index in [2.05, 4.69) is 19.2 Å². The van der Waals surface area contributed by atoms with Gasteiger partial charge in [0.1, 0.15) is 0 Å². The fourth-order valence-corrected chi connectivity index (χ4v) is 1.82. The molecule has 0 aliphatic heterocycles. The van der Waals surface area contributed by atoms with Crippen LogP contribution in [0.1, 0.15) is 44.0 Å². The molecule has 0 saturated carbocycles. The number of ether oxygens (including phenoxy) is 1. The lowest BCUT2D eigenvalue weighted by atomic mass is 10.1. The van der Waals surface area contributed by atoms with Crippen molar-refractivity contribution in [2.75, 3.05) is 17.7 Å². The van der Waals surface area contributed by atoms with Gasteiger partial charge in [0.05, 0.1) is 12.2 Å². The fourth-order valence-electron chi connectivity index (χ4n) is 1.82. The molecular formula is C14H22N2O2. The molecule has 0 saturated heterocycles. The van der Waals surface area contributed by atoms with Crippen molar-refractivity contribution in [1.29, 1.82) is 0 Å². The van der Waals surface area contributed by atoms with Crippen molar-refractivity contribution in [2.24, 2.45) is 0 Å². The summed E-state index contributed by atoms with van der Waals surface area (Å²) >= 11 is 0. The average Bonchev–Trinajstić information content (AvgIpc) is 2.32. The maximum atomic E-state index is 11.7. The second-order valence-electron chi connectivity index (χ2n) is 4.36. The molecule has 1 aromatic rings. The molecule has 0 radical (unpaired) electrons. The lowest BCUT2D eigenvalue weighted by molar-refractivity contribution is 0.0527. The molecule has 0 aromatic heterocycles. The van der Waals surface area contributed by atoms with Crippen LogP contribution in [0.2, 0.25) is 0 Å². The predicted octanol–water partition coefficient (Wildman–Crippen LogP) is 3.05. The summed E-state index contributed by atoms with van der Waals surface area (Å²) in [5.41, 5.74) is 7.55. The van der Waals surface area contributed by atoms with Gasteiger partial charge in [0.25, 0.3) is 0 Å². The zero-order valence-electron chi connectivity index (χ0n) is 11.3. The summed E-state index contributed by atoms with van der Waals surface area (Å²) in [7, 11) is 0. The van der Waals surface area contributed by atoms with Crippen LogP contribution in [0, 0.1) is 0 Å². The second kappa shape index (κ2) is 6.89. The molecule has 1 atom stereocenters. The second-order valence-corrected chi connectivity index (χ2v) is 4.36. The van der Waals surface area contributed by atoms with E-state index < -0.39 is 0 Å². The summed E-state index contributed by atoms with van der Waals surface area (Å²) in [4.78, 5) is 11.7. The number of anilines is 2. The Balaban J connectivity index is 2.83. The Labute approximate surface area is 109 Å². The fraction of sp³-hybridized carbons (Fsp3) is 0.500. The summed E-state index contributed by atoms with van der Waals surface area (Å²) in [6.07, 6.45) is 2.20. The van der Waals surface area contributed by atoms with E-state index in [0.717, 1.165) is 18.5 Å². The van der Waals surface area contributed by atoms with Crippen molar-refractivity contribution in [3.63, 3.8) is 0 Å². The van der Waals surface area contributed by atoms with Crippen molar-refractivity contribution in [3.8, 4) is 0 Å². The third kappa shape index (κ3) is 3.95. The van der Waals surface area contributed by atoms with Gasteiger partial charge in [-0.25, -0.2) is 4.79 Å². The van der Waals surface area contributed by atoms with Crippen molar-refractivity contribution in [2.45, 2.75) is 39.7 Å². The number of nitrogens with one attached hydrogen (secondary N) is 1. The van der Waals surface area contributed by atoms with Gasteiger partial charge < -0.3 is 15.8 Å². The average molecular weight is 250 g/mol. The minimum Gasteiger partial charge on any atom is -0.462 e. The van der Waals surface area contributed by atoms with Crippen LogP contribution in [0.4, 0.5) is 11.4 Å². The molecule has 4 heteroatoms. The van der Waals surface area contributed by atoms with Crippen LogP contribution >= 0.6 is 0 Å². The third-order valence-corrected chi connectivity index (χ3v) is 2.68. The highest BCUT2D eigenvalue weighted by atomic mass is 16.5. The molecule has 0 spiro atoms. The first-order chi connectivity index (χ1) is 8.58. The van der Waals surface area contributed by atoms with Gasteiger partial charge in [-0.05, 0) is 38.5 Å². The standard InChI is InChI=1S/C14H22N2O2/c1-4-6-10(3)16-11-7-8-13(15)12(9-11)14(17)18-5-2/h7-10,16H,4-6,15H2,1-3H3. The number of nitrogen functional groups attached to an aromatic ring is 1. The molecule has 4 nitrogen and oxygen atoms in total. The first kappa shape index (κ1) is 14.4. The first-order valence-electron chi connectivity index (χ1n) is 6.41. The topological polar surface area (TPSA) is 64.3 Å². The van der Waals surface area contributed by atoms with E-state index in [1.807, 2.05) is 6.07 Å². The summed E-state index contributed by atoms with van der Waals surface area (Å²) in [5, 5.41) is 3.34. The number of esters is 1. The van der Waals surface area contributed by atoms with Gasteiger partial charge >= 0.3 is 5.97 Å². The van der Waals surface area contributed by atoms with Gasteiger partial charge in [-0.2, -0.15) is 0 Å². The maximum Gasteiger partial charge on any atom is 0.340 e. The Morgan fingerprint density at radius 3 is 2.78 bits per heavy atom. The van der Waals surface area contributed by atoms with Gasteiger partial charge in [0.15, 0.2) is 0 Å². The zero-order chi connectivity index (χ0) is 13.5. The highest BCUT2D eigenvalue weighted by molar-refractivity contribution is 5.96. The predicted molar refractivity (Wildman–Crippen MR) is 74.8 cm³/mol. The van der Waals surface area contributed by atoms with E-state index in [1.165, 1.54) is 0 Å². The highest BCUT2D eigenvalue weighted by Gasteiger charge is 2.12. The van der Waals surface area contributed by atoms with Crippen LogP contribution in [0.15, 0.2) is 18.2 Å². The smallest absolute Gasteiger partial charge is 0.340 e. The number of benzene rings is 1. The van der Waals surface area contributed by atoms with Crippen LogP contribution in [-0.2, 0) is 4.74 Å². The molecule has 0 aliphatic rings. The third-order valence-electron chi connectivity index (χ3n) is 2.68. The van der Waals surface area contributed by atoms with Crippen LogP contribution in [-0.4, -0.2) is 18.6 Å². The number of carbonyl (C=O) groups is 1. The quantitative estimate of drug-likeness (QED) is 0.601. The van der Waals surface area contributed by atoms with E-state index in [-0.39, 0.29) is 5.97 Å². The molecule has 0 amide bonds. The molecule has 18 heavy (non-hydrogen) atoms. The number of hydrogen-bond donors (Lipinski definition) is 2. The Bertz CT molecular complexity index is 405. The first-order valence-corrected chi connectivity index (χ1v) is 6.41. The van der Waals surface area contributed by atoms with Crippen molar-refractivity contribution in [3.05, 3.63) is 23.8 Å². The van der Waals surface area contributed by atoms with E-state index >= 15 is 0 Å².